The number of amides is 1. The van der Waals surface area contributed by atoms with Crippen LogP contribution in [0.3, 0.4) is 0 Å². The number of nitrogens with two attached hydrogens (primary N) is 1. The van der Waals surface area contributed by atoms with E-state index in [0.29, 0.717) is 12.5 Å². The van der Waals surface area contributed by atoms with Crippen LogP contribution in [0, 0.1) is 0 Å². The molecule has 0 aromatic rings. The highest BCUT2D eigenvalue weighted by molar-refractivity contribution is 5.76. The van der Waals surface area contributed by atoms with Gasteiger partial charge in [-0.3, -0.25) is 4.79 Å². The van der Waals surface area contributed by atoms with Gasteiger partial charge in [-0.25, -0.2) is 0 Å². The van der Waals surface area contributed by atoms with Crippen molar-refractivity contribution in [1.82, 2.24) is 4.90 Å². The van der Waals surface area contributed by atoms with Crippen LogP contribution in [0.25, 0.3) is 0 Å². The molecule has 1 amide bonds. The van der Waals surface area contributed by atoms with Crippen LogP contribution in [0.1, 0.15) is 65.2 Å². The minimum absolute atomic E-state index is 0.236. The summed E-state index contributed by atoms with van der Waals surface area (Å²) < 4.78 is 0. The summed E-state index contributed by atoms with van der Waals surface area (Å²) in [4.78, 5) is 14.0. The standard InChI is InChI=1S/C14H28N2O/c1-14(2,15)11-10-13(17)16(3)12-8-6-4-5-7-9-12/h12H,4-11,15H2,1-3H3. The van der Waals surface area contributed by atoms with E-state index in [-0.39, 0.29) is 11.4 Å². The fourth-order valence-electron chi connectivity index (χ4n) is 2.45. The third kappa shape index (κ3) is 5.53. The monoisotopic (exact) mass is 240 g/mol. The molecule has 0 aliphatic heterocycles. The van der Waals surface area contributed by atoms with Crippen molar-refractivity contribution in [3.8, 4) is 0 Å². The molecule has 3 heteroatoms. The SMILES string of the molecule is CN(C(=O)CCC(C)(C)N)C1CCCCCC1. The summed E-state index contributed by atoms with van der Waals surface area (Å²) in [6.45, 7) is 3.96. The molecule has 0 radical (unpaired) electrons. The van der Waals surface area contributed by atoms with Gasteiger partial charge in [0.05, 0.1) is 0 Å². The maximum Gasteiger partial charge on any atom is 0.222 e. The zero-order valence-corrected chi connectivity index (χ0v) is 11.7. The Bertz CT molecular complexity index is 237. The lowest BCUT2D eigenvalue weighted by Gasteiger charge is -2.28. The molecule has 1 aliphatic rings. The van der Waals surface area contributed by atoms with Gasteiger partial charge in [0.25, 0.3) is 0 Å². The van der Waals surface area contributed by atoms with Gasteiger partial charge in [0.15, 0.2) is 0 Å². The van der Waals surface area contributed by atoms with Crippen LogP contribution in [0.15, 0.2) is 0 Å². The van der Waals surface area contributed by atoms with Gasteiger partial charge >= 0.3 is 0 Å². The number of hydrogen-bond acceptors (Lipinski definition) is 2. The van der Waals surface area contributed by atoms with Gasteiger partial charge in [0.2, 0.25) is 5.91 Å². The number of hydrogen-bond donors (Lipinski definition) is 1. The Balaban J connectivity index is 2.39. The van der Waals surface area contributed by atoms with Crippen LogP contribution in [-0.2, 0) is 4.79 Å². The number of rotatable bonds is 4. The quantitative estimate of drug-likeness (QED) is 0.768. The Hall–Kier alpha value is -0.570. The Labute approximate surface area is 106 Å². The molecular weight excluding hydrogens is 212 g/mol. The Morgan fingerprint density at radius 2 is 1.76 bits per heavy atom. The van der Waals surface area contributed by atoms with E-state index in [4.69, 9.17) is 5.73 Å². The maximum atomic E-state index is 12.1. The third-order valence-corrected chi connectivity index (χ3v) is 3.75. The summed E-state index contributed by atoms with van der Waals surface area (Å²) >= 11 is 0. The fraction of sp³-hybridized carbons (Fsp3) is 0.929. The highest BCUT2D eigenvalue weighted by Crippen LogP contribution is 2.22. The number of carbonyl (C=O) groups excluding carboxylic acids is 1. The number of carbonyl (C=O) groups is 1. The average molecular weight is 240 g/mol. The zero-order chi connectivity index (χ0) is 12.9. The first kappa shape index (κ1) is 14.5. The zero-order valence-electron chi connectivity index (χ0n) is 11.7. The van der Waals surface area contributed by atoms with E-state index in [0.717, 1.165) is 6.42 Å². The van der Waals surface area contributed by atoms with Crippen molar-refractivity contribution in [1.29, 1.82) is 0 Å². The molecule has 0 heterocycles. The van der Waals surface area contributed by atoms with Gasteiger partial charge in [-0.2, -0.15) is 0 Å². The second kappa shape index (κ2) is 6.39. The van der Waals surface area contributed by atoms with Gasteiger partial charge in [-0.1, -0.05) is 25.7 Å². The Morgan fingerprint density at radius 3 is 2.24 bits per heavy atom. The lowest BCUT2D eigenvalue weighted by Crippen LogP contribution is -2.39. The Morgan fingerprint density at radius 1 is 1.24 bits per heavy atom. The van der Waals surface area contributed by atoms with E-state index in [1.54, 1.807) is 0 Å². The van der Waals surface area contributed by atoms with Crippen LogP contribution >= 0.6 is 0 Å². The van der Waals surface area contributed by atoms with Gasteiger partial charge in [-0.05, 0) is 33.1 Å². The van der Waals surface area contributed by atoms with Crippen molar-refractivity contribution >= 4 is 5.91 Å². The van der Waals surface area contributed by atoms with Crippen LogP contribution in [0.2, 0.25) is 0 Å². The van der Waals surface area contributed by atoms with Gasteiger partial charge < -0.3 is 10.6 Å². The molecule has 1 saturated carbocycles. The van der Waals surface area contributed by atoms with Crippen LogP contribution in [0.5, 0.6) is 0 Å². The molecule has 0 spiro atoms. The molecule has 17 heavy (non-hydrogen) atoms. The van der Waals surface area contributed by atoms with E-state index < -0.39 is 0 Å². The number of nitrogens with zero attached hydrogens (tertiary/aromatic N) is 1. The topological polar surface area (TPSA) is 46.3 Å². The summed E-state index contributed by atoms with van der Waals surface area (Å²) in [6, 6.07) is 0.464. The smallest absolute Gasteiger partial charge is 0.222 e. The lowest BCUT2D eigenvalue weighted by atomic mass is 9.99. The first-order chi connectivity index (χ1) is 7.90. The molecule has 1 fully saturated rings. The van der Waals surface area contributed by atoms with E-state index in [1.807, 2.05) is 25.8 Å². The summed E-state index contributed by atoms with van der Waals surface area (Å²) in [5.74, 6) is 0.260. The van der Waals surface area contributed by atoms with Crippen LogP contribution in [0.4, 0.5) is 0 Å². The minimum atomic E-state index is -0.236. The van der Waals surface area contributed by atoms with Crippen molar-refractivity contribution in [2.24, 2.45) is 5.73 Å². The van der Waals surface area contributed by atoms with E-state index in [9.17, 15) is 4.79 Å². The van der Waals surface area contributed by atoms with Crippen molar-refractivity contribution < 1.29 is 4.79 Å². The highest BCUT2D eigenvalue weighted by Gasteiger charge is 2.22. The second-order valence-corrected chi connectivity index (χ2v) is 6.14. The molecule has 1 rings (SSSR count). The van der Waals surface area contributed by atoms with Crippen LogP contribution in [-0.4, -0.2) is 29.4 Å². The van der Waals surface area contributed by atoms with Gasteiger partial charge in [0.1, 0.15) is 0 Å². The van der Waals surface area contributed by atoms with Crippen molar-refractivity contribution in [2.45, 2.75) is 76.8 Å². The van der Waals surface area contributed by atoms with Crippen molar-refractivity contribution in [3.63, 3.8) is 0 Å². The summed E-state index contributed by atoms with van der Waals surface area (Å²) in [6.07, 6.45) is 8.89. The molecule has 3 nitrogen and oxygen atoms in total. The normalized spacial score (nSPS) is 18.8. The van der Waals surface area contributed by atoms with Crippen LogP contribution < -0.4 is 5.73 Å². The first-order valence-corrected chi connectivity index (χ1v) is 6.95. The third-order valence-electron chi connectivity index (χ3n) is 3.75. The Kier molecular flexibility index (Phi) is 5.44. The second-order valence-electron chi connectivity index (χ2n) is 6.14. The maximum absolute atomic E-state index is 12.1. The van der Waals surface area contributed by atoms with Crippen molar-refractivity contribution in [2.75, 3.05) is 7.05 Å². The van der Waals surface area contributed by atoms with E-state index >= 15 is 0 Å². The molecule has 0 unspecified atom stereocenters. The fourth-order valence-corrected chi connectivity index (χ4v) is 2.45. The minimum Gasteiger partial charge on any atom is -0.343 e. The van der Waals surface area contributed by atoms with Crippen molar-refractivity contribution in [3.05, 3.63) is 0 Å². The summed E-state index contributed by atoms with van der Waals surface area (Å²) in [5, 5.41) is 0. The van der Waals surface area contributed by atoms with Gasteiger partial charge in [0, 0.05) is 25.0 Å². The summed E-state index contributed by atoms with van der Waals surface area (Å²) in [7, 11) is 1.96. The molecule has 1 aliphatic carbocycles. The predicted molar refractivity (Wildman–Crippen MR) is 71.8 cm³/mol. The van der Waals surface area contributed by atoms with E-state index in [1.165, 1.54) is 38.5 Å². The lowest BCUT2D eigenvalue weighted by molar-refractivity contribution is -0.132. The largest absolute Gasteiger partial charge is 0.343 e. The predicted octanol–water partition coefficient (Wildman–Crippen LogP) is 2.69. The molecule has 0 aromatic heterocycles. The highest BCUT2D eigenvalue weighted by atomic mass is 16.2. The average Bonchev–Trinajstić information content (AvgIpc) is 2.52. The molecule has 2 N–H and O–H groups in total. The molecule has 0 bridgehead atoms. The van der Waals surface area contributed by atoms with Gasteiger partial charge in [-0.15, -0.1) is 0 Å². The van der Waals surface area contributed by atoms with E-state index in [2.05, 4.69) is 0 Å². The molecule has 0 saturated heterocycles. The summed E-state index contributed by atoms with van der Waals surface area (Å²) in [5.41, 5.74) is 5.68. The molecule has 0 atom stereocenters. The first-order valence-electron chi connectivity index (χ1n) is 6.95. The molecule has 0 aromatic carbocycles. The molecular formula is C14H28N2O. The molecule has 100 valence electrons.